The third-order valence-corrected chi connectivity index (χ3v) is 3.52. The van der Waals surface area contributed by atoms with Crippen LogP contribution in [0.15, 0.2) is 18.2 Å². The van der Waals surface area contributed by atoms with Gasteiger partial charge in [-0.25, -0.2) is 0 Å². The van der Waals surface area contributed by atoms with E-state index in [1.54, 1.807) is 31.1 Å². The van der Waals surface area contributed by atoms with E-state index < -0.39 is 0 Å². The number of nitrogens with one attached hydrogen (secondary N) is 1. The van der Waals surface area contributed by atoms with E-state index in [0.29, 0.717) is 17.2 Å². The van der Waals surface area contributed by atoms with Crippen LogP contribution in [0.2, 0.25) is 0 Å². The van der Waals surface area contributed by atoms with Crippen molar-refractivity contribution in [1.29, 1.82) is 0 Å². The summed E-state index contributed by atoms with van der Waals surface area (Å²) in [5.41, 5.74) is 7.93. The molecule has 1 aliphatic heterocycles. The van der Waals surface area contributed by atoms with Crippen molar-refractivity contribution in [1.82, 2.24) is 4.90 Å². The number of anilines is 2. The Bertz CT molecular complexity index is 468. The molecule has 0 aliphatic carbocycles. The fraction of sp³-hybridized carbons (Fsp3) is 0.533. The standard InChI is InChI=1S/C15H23N3O2/c1-18(2)15(19)13-6-5-12(16)8-14(13)17-9-11-4-3-7-20-10-11/h5-6,8,11,17H,3-4,7,9-10,16H2,1-2H3. The van der Waals surface area contributed by atoms with Gasteiger partial charge in [-0.1, -0.05) is 0 Å². The fourth-order valence-electron chi connectivity index (χ4n) is 2.36. The van der Waals surface area contributed by atoms with E-state index in [-0.39, 0.29) is 5.91 Å². The van der Waals surface area contributed by atoms with Crippen LogP contribution in [0, 0.1) is 5.92 Å². The lowest BCUT2D eigenvalue weighted by Gasteiger charge is -2.23. The van der Waals surface area contributed by atoms with Gasteiger partial charge in [0.05, 0.1) is 12.2 Å². The Kier molecular flexibility index (Phi) is 4.84. The zero-order chi connectivity index (χ0) is 14.5. The van der Waals surface area contributed by atoms with Crippen molar-refractivity contribution in [2.24, 2.45) is 5.92 Å². The first-order chi connectivity index (χ1) is 9.58. The maximum Gasteiger partial charge on any atom is 0.255 e. The molecular formula is C15H23N3O2. The first kappa shape index (κ1) is 14.7. The second kappa shape index (κ2) is 6.61. The van der Waals surface area contributed by atoms with Crippen molar-refractivity contribution in [3.05, 3.63) is 23.8 Å². The SMILES string of the molecule is CN(C)C(=O)c1ccc(N)cc1NCC1CCCOC1. The number of rotatable bonds is 4. The van der Waals surface area contributed by atoms with E-state index in [2.05, 4.69) is 5.32 Å². The normalized spacial score (nSPS) is 18.6. The van der Waals surface area contributed by atoms with Gasteiger partial charge in [0, 0.05) is 38.6 Å². The van der Waals surface area contributed by atoms with E-state index in [1.807, 2.05) is 6.07 Å². The quantitative estimate of drug-likeness (QED) is 0.824. The number of nitrogens with zero attached hydrogens (tertiary/aromatic N) is 1. The molecule has 0 radical (unpaired) electrons. The third kappa shape index (κ3) is 3.63. The van der Waals surface area contributed by atoms with Crippen LogP contribution in [0.3, 0.4) is 0 Å². The second-order valence-corrected chi connectivity index (χ2v) is 5.47. The Morgan fingerprint density at radius 3 is 2.95 bits per heavy atom. The summed E-state index contributed by atoms with van der Waals surface area (Å²) in [7, 11) is 3.49. The highest BCUT2D eigenvalue weighted by Gasteiger charge is 2.17. The number of nitrogens with two attached hydrogens (primary N) is 1. The predicted molar refractivity (Wildman–Crippen MR) is 80.9 cm³/mol. The van der Waals surface area contributed by atoms with Crippen LogP contribution in [0.1, 0.15) is 23.2 Å². The van der Waals surface area contributed by atoms with E-state index >= 15 is 0 Å². The molecule has 1 amide bonds. The van der Waals surface area contributed by atoms with Crippen LogP contribution in [0.4, 0.5) is 11.4 Å². The topological polar surface area (TPSA) is 67.6 Å². The summed E-state index contributed by atoms with van der Waals surface area (Å²) in [6, 6.07) is 5.35. The molecule has 0 saturated carbocycles. The Balaban J connectivity index is 2.08. The summed E-state index contributed by atoms with van der Waals surface area (Å²) in [5.74, 6) is 0.472. The molecule has 2 rings (SSSR count). The number of hydrogen-bond acceptors (Lipinski definition) is 4. The van der Waals surface area contributed by atoms with Crippen molar-refractivity contribution in [3.63, 3.8) is 0 Å². The maximum absolute atomic E-state index is 12.1. The average Bonchev–Trinajstić information content (AvgIpc) is 2.45. The lowest BCUT2D eigenvalue weighted by atomic mass is 10.0. The number of amides is 1. The Labute approximate surface area is 120 Å². The smallest absolute Gasteiger partial charge is 0.255 e. The molecule has 0 spiro atoms. The molecule has 1 aromatic rings. The molecule has 0 aromatic heterocycles. The number of ether oxygens (including phenoxy) is 1. The number of carbonyl (C=O) groups is 1. The van der Waals surface area contributed by atoms with Gasteiger partial charge in [0.15, 0.2) is 0 Å². The minimum absolute atomic E-state index is 0.0209. The Morgan fingerprint density at radius 2 is 2.30 bits per heavy atom. The van der Waals surface area contributed by atoms with Gasteiger partial charge in [-0.15, -0.1) is 0 Å². The number of carbonyl (C=O) groups excluding carboxylic acids is 1. The first-order valence-electron chi connectivity index (χ1n) is 7.00. The van der Waals surface area contributed by atoms with Gasteiger partial charge in [-0.3, -0.25) is 4.79 Å². The van der Waals surface area contributed by atoms with Crippen LogP contribution >= 0.6 is 0 Å². The zero-order valence-electron chi connectivity index (χ0n) is 12.2. The summed E-state index contributed by atoms with van der Waals surface area (Å²) in [4.78, 5) is 13.7. The summed E-state index contributed by atoms with van der Waals surface area (Å²) < 4.78 is 5.47. The molecule has 5 heteroatoms. The summed E-state index contributed by atoms with van der Waals surface area (Å²) in [6.45, 7) is 2.45. The maximum atomic E-state index is 12.1. The van der Waals surface area contributed by atoms with Gasteiger partial charge < -0.3 is 20.7 Å². The molecule has 1 aromatic carbocycles. The number of benzene rings is 1. The summed E-state index contributed by atoms with van der Waals surface area (Å²) in [6.07, 6.45) is 2.26. The van der Waals surface area contributed by atoms with E-state index in [9.17, 15) is 4.79 Å². The molecular weight excluding hydrogens is 254 g/mol. The molecule has 1 heterocycles. The summed E-state index contributed by atoms with van der Waals surface area (Å²) >= 11 is 0. The van der Waals surface area contributed by atoms with E-state index in [0.717, 1.165) is 38.3 Å². The molecule has 1 aliphatic rings. The van der Waals surface area contributed by atoms with Crippen molar-refractivity contribution < 1.29 is 9.53 Å². The first-order valence-corrected chi connectivity index (χ1v) is 7.00. The number of nitrogen functional groups attached to an aromatic ring is 1. The Morgan fingerprint density at radius 1 is 1.50 bits per heavy atom. The van der Waals surface area contributed by atoms with Crippen LogP contribution in [-0.4, -0.2) is 44.7 Å². The van der Waals surface area contributed by atoms with Crippen LogP contribution in [-0.2, 0) is 4.74 Å². The lowest BCUT2D eigenvalue weighted by Crippen LogP contribution is -2.26. The van der Waals surface area contributed by atoms with E-state index in [4.69, 9.17) is 10.5 Å². The molecule has 110 valence electrons. The van der Waals surface area contributed by atoms with Crippen LogP contribution < -0.4 is 11.1 Å². The zero-order valence-corrected chi connectivity index (χ0v) is 12.2. The molecule has 20 heavy (non-hydrogen) atoms. The van der Waals surface area contributed by atoms with Crippen LogP contribution in [0.5, 0.6) is 0 Å². The lowest BCUT2D eigenvalue weighted by molar-refractivity contribution is 0.0595. The highest BCUT2D eigenvalue weighted by Crippen LogP contribution is 2.22. The largest absolute Gasteiger partial charge is 0.399 e. The molecule has 1 fully saturated rings. The fourth-order valence-corrected chi connectivity index (χ4v) is 2.36. The monoisotopic (exact) mass is 277 g/mol. The minimum atomic E-state index is -0.0209. The molecule has 1 unspecified atom stereocenters. The van der Waals surface area contributed by atoms with Gasteiger partial charge in [-0.2, -0.15) is 0 Å². The molecule has 0 bridgehead atoms. The van der Waals surface area contributed by atoms with Crippen molar-refractivity contribution in [2.45, 2.75) is 12.8 Å². The van der Waals surface area contributed by atoms with Gasteiger partial charge in [-0.05, 0) is 37.0 Å². The van der Waals surface area contributed by atoms with Crippen molar-refractivity contribution in [3.8, 4) is 0 Å². The predicted octanol–water partition coefficient (Wildman–Crippen LogP) is 1.81. The van der Waals surface area contributed by atoms with Gasteiger partial charge in [0.2, 0.25) is 0 Å². The molecule has 5 nitrogen and oxygen atoms in total. The number of hydrogen-bond donors (Lipinski definition) is 2. The second-order valence-electron chi connectivity index (χ2n) is 5.47. The van der Waals surface area contributed by atoms with Gasteiger partial charge in [0.25, 0.3) is 5.91 Å². The minimum Gasteiger partial charge on any atom is -0.399 e. The highest BCUT2D eigenvalue weighted by atomic mass is 16.5. The van der Waals surface area contributed by atoms with Gasteiger partial charge >= 0.3 is 0 Å². The molecule has 1 atom stereocenters. The van der Waals surface area contributed by atoms with Crippen molar-refractivity contribution in [2.75, 3.05) is 44.9 Å². The highest BCUT2D eigenvalue weighted by molar-refractivity contribution is 5.99. The third-order valence-electron chi connectivity index (χ3n) is 3.52. The molecule has 3 N–H and O–H groups in total. The Hall–Kier alpha value is -1.75. The van der Waals surface area contributed by atoms with Crippen LogP contribution in [0.25, 0.3) is 0 Å². The van der Waals surface area contributed by atoms with Gasteiger partial charge in [0.1, 0.15) is 0 Å². The van der Waals surface area contributed by atoms with E-state index in [1.165, 1.54) is 0 Å². The molecule has 1 saturated heterocycles. The average molecular weight is 277 g/mol. The van der Waals surface area contributed by atoms with Crippen molar-refractivity contribution >= 4 is 17.3 Å². The summed E-state index contributed by atoms with van der Waals surface area (Å²) in [5, 5.41) is 3.35.